The molecule has 0 bridgehead atoms. The van der Waals surface area contributed by atoms with Crippen LogP contribution in [0.15, 0.2) is 30.6 Å². The second kappa shape index (κ2) is 4.99. The first-order valence-corrected chi connectivity index (χ1v) is 6.01. The van der Waals surface area contributed by atoms with Gasteiger partial charge in [-0.05, 0) is 25.1 Å². The first-order valence-electron chi connectivity index (χ1n) is 5.20. The maximum Gasteiger partial charge on any atom is 0.0550 e. The summed E-state index contributed by atoms with van der Waals surface area (Å²) in [5, 5.41) is 6.43. The molecule has 0 spiro atoms. The molecule has 0 amide bonds. The van der Waals surface area contributed by atoms with Crippen LogP contribution in [0.25, 0.3) is 0 Å². The first-order chi connectivity index (χ1) is 7.78. The van der Waals surface area contributed by atoms with E-state index in [1.54, 1.807) is 6.20 Å². The number of nitrogens with zero attached hydrogens (tertiary/aromatic N) is 1. The maximum atomic E-state index is 4.15. The molecule has 2 rings (SSSR count). The summed E-state index contributed by atoms with van der Waals surface area (Å²) in [4.78, 5) is 6.84. The lowest BCUT2D eigenvalue weighted by atomic mass is 10.3. The molecule has 2 aromatic rings. The summed E-state index contributed by atoms with van der Waals surface area (Å²) in [5.41, 5.74) is 2.06. The summed E-state index contributed by atoms with van der Waals surface area (Å²) >= 11 is 1.82. The van der Waals surface area contributed by atoms with Crippen molar-refractivity contribution in [1.82, 2.24) is 4.98 Å². The van der Waals surface area contributed by atoms with E-state index in [1.165, 1.54) is 9.75 Å². The van der Waals surface area contributed by atoms with Crippen molar-refractivity contribution < 1.29 is 0 Å². The molecule has 2 heterocycles. The maximum absolute atomic E-state index is 4.15. The molecule has 0 unspecified atom stereocenters. The highest BCUT2D eigenvalue weighted by Gasteiger charge is 1.98. The lowest BCUT2D eigenvalue weighted by Gasteiger charge is -2.06. The smallest absolute Gasteiger partial charge is 0.0550 e. The topological polar surface area (TPSA) is 37.0 Å². The Labute approximate surface area is 99.5 Å². The van der Waals surface area contributed by atoms with E-state index in [4.69, 9.17) is 0 Å². The third-order valence-corrected chi connectivity index (χ3v) is 3.29. The highest BCUT2D eigenvalue weighted by atomic mass is 32.1. The number of thiophene rings is 1. The van der Waals surface area contributed by atoms with Gasteiger partial charge < -0.3 is 10.6 Å². The Kier molecular flexibility index (Phi) is 3.41. The monoisotopic (exact) mass is 233 g/mol. The second-order valence-electron chi connectivity index (χ2n) is 3.58. The van der Waals surface area contributed by atoms with E-state index in [-0.39, 0.29) is 0 Å². The lowest BCUT2D eigenvalue weighted by Crippen LogP contribution is -1.99. The van der Waals surface area contributed by atoms with Crippen molar-refractivity contribution in [3.8, 4) is 0 Å². The number of anilines is 2. The molecule has 0 aromatic carbocycles. The molecule has 0 fully saturated rings. The highest BCUT2D eigenvalue weighted by Crippen LogP contribution is 2.18. The van der Waals surface area contributed by atoms with Crippen LogP contribution in [0.1, 0.15) is 9.75 Å². The van der Waals surface area contributed by atoms with Gasteiger partial charge >= 0.3 is 0 Å². The third kappa shape index (κ3) is 2.73. The normalized spacial score (nSPS) is 10.1. The van der Waals surface area contributed by atoms with Crippen molar-refractivity contribution in [2.45, 2.75) is 13.5 Å². The van der Waals surface area contributed by atoms with E-state index >= 15 is 0 Å². The Hall–Kier alpha value is -1.55. The van der Waals surface area contributed by atoms with E-state index in [0.29, 0.717) is 0 Å². The number of aryl methyl sites for hydroxylation is 1. The molecule has 0 aliphatic carbocycles. The predicted molar refractivity (Wildman–Crippen MR) is 70.2 cm³/mol. The average Bonchev–Trinajstić information content (AvgIpc) is 2.73. The molecule has 2 aromatic heterocycles. The summed E-state index contributed by atoms with van der Waals surface area (Å²) in [7, 11) is 1.89. The fourth-order valence-corrected chi connectivity index (χ4v) is 2.27. The van der Waals surface area contributed by atoms with Gasteiger partial charge in [0, 0.05) is 23.3 Å². The van der Waals surface area contributed by atoms with Crippen LogP contribution in [0.4, 0.5) is 11.4 Å². The summed E-state index contributed by atoms with van der Waals surface area (Å²) < 4.78 is 0. The van der Waals surface area contributed by atoms with Crippen LogP contribution in [-0.4, -0.2) is 12.0 Å². The molecule has 0 radical (unpaired) electrons. The molecule has 0 aliphatic rings. The molecule has 0 saturated heterocycles. The second-order valence-corrected chi connectivity index (χ2v) is 4.95. The summed E-state index contributed by atoms with van der Waals surface area (Å²) in [6.07, 6.45) is 3.64. The Morgan fingerprint density at radius 3 is 2.75 bits per heavy atom. The zero-order valence-corrected chi connectivity index (χ0v) is 10.3. The molecular formula is C12H15N3S. The standard InChI is InChI=1S/C12H15N3S/c1-9-3-4-12(16-9)8-15-11-5-10(13-2)6-14-7-11/h3-7,13,15H,8H2,1-2H3. The summed E-state index contributed by atoms with van der Waals surface area (Å²) in [5.74, 6) is 0. The van der Waals surface area contributed by atoms with Crippen molar-refractivity contribution >= 4 is 22.7 Å². The van der Waals surface area contributed by atoms with Crippen molar-refractivity contribution in [2.75, 3.05) is 17.7 Å². The number of aromatic nitrogens is 1. The fourth-order valence-electron chi connectivity index (χ4n) is 1.44. The van der Waals surface area contributed by atoms with Crippen molar-refractivity contribution in [1.29, 1.82) is 0 Å². The van der Waals surface area contributed by atoms with Gasteiger partial charge in [0.25, 0.3) is 0 Å². The molecule has 0 saturated carbocycles. The number of hydrogen-bond acceptors (Lipinski definition) is 4. The number of hydrogen-bond donors (Lipinski definition) is 2. The Balaban J connectivity index is 1.99. The Morgan fingerprint density at radius 2 is 2.06 bits per heavy atom. The van der Waals surface area contributed by atoms with Crippen LogP contribution in [0.2, 0.25) is 0 Å². The van der Waals surface area contributed by atoms with Crippen molar-refractivity contribution in [3.63, 3.8) is 0 Å². The van der Waals surface area contributed by atoms with E-state index in [9.17, 15) is 0 Å². The molecule has 0 aliphatic heterocycles. The molecule has 4 heteroatoms. The fraction of sp³-hybridized carbons (Fsp3) is 0.250. The van der Waals surface area contributed by atoms with Gasteiger partial charge in [-0.3, -0.25) is 4.98 Å². The van der Waals surface area contributed by atoms with E-state index < -0.39 is 0 Å². The van der Waals surface area contributed by atoms with Gasteiger partial charge in [0.05, 0.1) is 23.8 Å². The van der Waals surface area contributed by atoms with Gasteiger partial charge in [0.2, 0.25) is 0 Å². The highest BCUT2D eigenvalue weighted by molar-refractivity contribution is 7.11. The minimum atomic E-state index is 0.855. The van der Waals surface area contributed by atoms with Crippen molar-refractivity contribution in [2.24, 2.45) is 0 Å². The first kappa shape index (κ1) is 11.0. The quantitative estimate of drug-likeness (QED) is 0.852. The van der Waals surface area contributed by atoms with Gasteiger partial charge in [0.1, 0.15) is 0 Å². The van der Waals surface area contributed by atoms with E-state index in [2.05, 4.69) is 34.7 Å². The van der Waals surface area contributed by atoms with Crippen LogP contribution >= 0.6 is 11.3 Å². The van der Waals surface area contributed by atoms with Crippen LogP contribution in [0.5, 0.6) is 0 Å². The summed E-state index contributed by atoms with van der Waals surface area (Å²) in [6, 6.07) is 6.35. The number of nitrogens with one attached hydrogen (secondary N) is 2. The Bertz CT molecular complexity index is 465. The van der Waals surface area contributed by atoms with Crippen LogP contribution in [0, 0.1) is 6.92 Å². The minimum Gasteiger partial charge on any atom is -0.387 e. The summed E-state index contributed by atoms with van der Waals surface area (Å²) in [6.45, 7) is 2.98. The lowest BCUT2D eigenvalue weighted by molar-refractivity contribution is 1.17. The van der Waals surface area contributed by atoms with Gasteiger partial charge in [0.15, 0.2) is 0 Å². The molecular weight excluding hydrogens is 218 g/mol. The van der Waals surface area contributed by atoms with E-state index in [0.717, 1.165) is 17.9 Å². The van der Waals surface area contributed by atoms with E-state index in [1.807, 2.05) is 30.6 Å². The Morgan fingerprint density at radius 1 is 1.25 bits per heavy atom. The van der Waals surface area contributed by atoms with Gasteiger partial charge in [-0.15, -0.1) is 11.3 Å². The SMILES string of the molecule is CNc1cncc(NCc2ccc(C)s2)c1. The third-order valence-electron chi connectivity index (χ3n) is 2.29. The molecule has 84 valence electrons. The van der Waals surface area contributed by atoms with Crippen LogP contribution < -0.4 is 10.6 Å². The zero-order chi connectivity index (χ0) is 11.4. The van der Waals surface area contributed by atoms with Crippen molar-refractivity contribution in [3.05, 3.63) is 40.3 Å². The van der Waals surface area contributed by atoms with Gasteiger partial charge in [-0.1, -0.05) is 0 Å². The average molecular weight is 233 g/mol. The van der Waals surface area contributed by atoms with Gasteiger partial charge in [-0.2, -0.15) is 0 Å². The molecule has 0 atom stereocenters. The number of pyridine rings is 1. The molecule has 3 nitrogen and oxygen atoms in total. The van der Waals surface area contributed by atoms with Gasteiger partial charge in [-0.25, -0.2) is 0 Å². The van der Waals surface area contributed by atoms with Crippen LogP contribution in [-0.2, 0) is 6.54 Å². The van der Waals surface area contributed by atoms with Crippen LogP contribution in [0.3, 0.4) is 0 Å². The molecule has 2 N–H and O–H groups in total. The largest absolute Gasteiger partial charge is 0.387 e. The minimum absolute atomic E-state index is 0.855. The zero-order valence-electron chi connectivity index (χ0n) is 9.45. The number of rotatable bonds is 4. The predicted octanol–water partition coefficient (Wildman–Crippen LogP) is 3.11. The molecule has 16 heavy (non-hydrogen) atoms.